The molecule has 86 valence electrons. The number of carbonyl (C=O) groups excluding carboxylic acids is 1. The standard InChI is InChI=1S/C11H20N2O2/c14-11(10-3-1-2-8-15-10)13-9-4-6-12-7-5-9/h9-10,12H,1-8H2,(H,13,14). The Morgan fingerprint density at radius 1 is 1.20 bits per heavy atom. The topological polar surface area (TPSA) is 50.4 Å². The van der Waals surface area contributed by atoms with Crippen LogP contribution in [0.15, 0.2) is 0 Å². The van der Waals surface area contributed by atoms with Crippen molar-refractivity contribution < 1.29 is 9.53 Å². The summed E-state index contributed by atoms with van der Waals surface area (Å²) in [6, 6.07) is 0.351. The summed E-state index contributed by atoms with van der Waals surface area (Å²) in [5, 5.41) is 6.37. The van der Waals surface area contributed by atoms with Gasteiger partial charge in [0.15, 0.2) is 0 Å². The first kappa shape index (κ1) is 10.9. The summed E-state index contributed by atoms with van der Waals surface area (Å²) >= 11 is 0. The fraction of sp³-hybridized carbons (Fsp3) is 0.909. The van der Waals surface area contributed by atoms with E-state index in [1.807, 2.05) is 0 Å². The molecule has 4 heteroatoms. The second-order valence-corrected chi connectivity index (χ2v) is 4.39. The highest BCUT2D eigenvalue weighted by atomic mass is 16.5. The summed E-state index contributed by atoms with van der Waals surface area (Å²) in [6.07, 6.45) is 4.99. The molecule has 0 saturated carbocycles. The van der Waals surface area contributed by atoms with Crippen LogP contribution in [0.3, 0.4) is 0 Å². The third-order valence-electron chi connectivity index (χ3n) is 3.16. The van der Waals surface area contributed by atoms with Crippen molar-refractivity contribution in [3.8, 4) is 0 Å². The quantitative estimate of drug-likeness (QED) is 0.697. The summed E-state index contributed by atoms with van der Waals surface area (Å²) < 4.78 is 5.45. The number of piperidine rings is 1. The molecular weight excluding hydrogens is 192 g/mol. The Hall–Kier alpha value is -0.610. The minimum Gasteiger partial charge on any atom is -0.368 e. The molecule has 0 aromatic carbocycles. The zero-order chi connectivity index (χ0) is 10.5. The maximum atomic E-state index is 11.8. The van der Waals surface area contributed by atoms with Crippen LogP contribution in [0.25, 0.3) is 0 Å². The lowest BCUT2D eigenvalue weighted by Gasteiger charge is -2.27. The van der Waals surface area contributed by atoms with Crippen LogP contribution in [0.5, 0.6) is 0 Å². The fourth-order valence-corrected chi connectivity index (χ4v) is 2.21. The van der Waals surface area contributed by atoms with Gasteiger partial charge in [-0.25, -0.2) is 0 Å². The van der Waals surface area contributed by atoms with E-state index in [2.05, 4.69) is 10.6 Å². The van der Waals surface area contributed by atoms with Gasteiger partial charge in [0.1, 0.15) is 6.10 Å². The molecule has 0 spiro atoms. The van der Waals surface area contributed by atoms with E-state index >= 15 is 0 Å². The van der Waals surface area contributed by atoms with Crippen molar-refractivity contribution in [2.75, 3.05) is 19.7 Å². The van der Waals surface area contributed by atoms with E-state index in [-0.39, 0.29) is 12.0 Å². The molecule has 0 aromatic rings. The number of carbonyl (C=O) groups is 1. The molecule has 0 aliphatic carbocycles. The van der Waals surface area contributed by atoms with Crippen molar-refractivity contribution in [2.24, 2.45) is 0 Å². The van der Waals surface area contributed by atoms with E-state index in [0.29, 0.717) is 6.04 Å². The van der Waals surface area contributed by atoms with Gasteiger partial charge in [-0.3, -0.25) is 4.79 Å². The molecule has 2 aliphatic rings. The molecule has 2 aliphatic heterocycles. The van der Waals surface area contributed by atoms with Crippen molar-refractivity contribution in [3.63, 3.8) is 0 Å². The summed E-state index contributed by atoms with van der Waals surface area (Å²) in [5.41, 5.74) is 0. The molecule has 2 saturated heterocycles. The molecule has 0 radical (unpaired) electrons. The number of hydrogen-bond donors (Lipinski definition) is 2. The van der Waals surface area contributed by atoms with Crippen LogP contribution in [-0.4, -0.2) is 37.7 Å². The largest absolute Gasteiger partial charge is 0.368 e. The highest BCUT2D eigenvalue weighted by Crippen LogP contribution is 2.13. The van der Waals surface area contributed by atoms with Crippen LogP contribution >= 0.6 is 0 Å². The number of amides is 1. The van der Waals surface area contributed by atoms with Gasteiger partial charge in [0.25, 0.3) is 0 Å². The normalized spacial score (nSPS) is 28.7. The van der Waals surface area contributed by atoms with E-state index in [0.717, 1.165) is 51.8 Å². The predicted molar refractivity (Wildman–Crippen MR) is 57.6 cm³/mol. The Balaban J connectivity index is 1.74. The average molecular weight is 212 g/mol. The van der Waals surface area contributed by atoms with E-state index in [9.17, 15) is 4.79 Å². The van der Waals surface area contributed by atoms with Gasteiger partial charge in [-0.15, -0.1) is 0 Å². The Bertz CT molecular complexity index is 209. The van der Waals surface area contributed by atoms with Crippen LogP contribution in [0.2, 0.25) is 0 Å². The molecule has 0 aromatic heterocycles. The summed E-state index contributed by atoms with van der Waals surface area (Å²) in [5.74, 6) is 0.0987. The van der Waals surface area contributed by atoms with Gasteiger partial charge >= 0.3 is 0 Å². The van der Waals surface area contributed by atoms with Crippen LogP contribution in [0.1, 0.15) is 32.1 Å². The molecule has 4 nitrogen and oxygen atoms in total. The Morgan fingerprint density at radius 2 is 2.00 bits per heavy atom. The molecule has 0 bridgehead atoms. The molecular formula is C11H20N2O2. The SMILES string of the molecule is O=C(NC1CCNCC1)C1CCCCO1. The van der Waals surface area contributed by atoms with Gasteiger partial charge in [-0.1, -0.05) is 0 Å². The van der Waals surface area contributed by atoms with Crippen molar-refractivity contribution in [3.05, 3.63) is 0 Å². The molecule has 1 unspecified atom stereocenters. The molecule has 2 N–H and O–H groups in total. The van der Waals surface area contributed by atoms with Crippen LogP contribution in [-0.2, 0) is 9.53 Å². The van der Waals surface area contributed by atoms with Gasteiger partial charge < -0.3 is 15.4 Å². The van der Waals surface area contributed by atoms with Gasteiger partial charge in [0, 0.05) is 12.6 Å². The second kappa shape index (κ2) is 5.47. The molecule has 2 fully saturated rings. The number of rotatable bonds is 2. The smallest absolute Gasteiger partial charge is 0.249 e. The van der Waals surface area contributed by atoms with Gasteiger partial charge in [0.05, 0.1) is 0 Å². The van der Waals surface area contributed by atoms with Crippen LogP contribution in [0, 0.1) is 0 Å². The number of ether oxygens (including phenoxy) is 1. The molecule has 2 heterocycles. The molecule has 1 atom stereocenters. The Kier molecular flexibility index (Phi) is 3.97. The summed E-state index contributed by atoms with van der Waals surface area (Å²) in [4.78, 5) is 11.8. The zero-order valence-electron chi connectivity index (χ0n) is 9.13. The van der Waals surface area contributed by atoms with Crippen molar-refractivity contribution in [2.45, 2.75) is 44.2 Å². The lowest BCUT2D eigenvalue weighted by atomic mass is 10.0. The van der Waals surface area contributed by atoms with Crippen molar-refractivity contribution in [1.29, 1.82) is 0 Å². The lowest BCUT2D eigenvalue weighted by molar-refractivity contribution is -0.136. The first-order chi connectivity index (χ1) is 7.36. The number of nitrogens with one attached hydrogen (secondary N) is 2. The maximum Gasteiger partial charge on any atom is 0.249 e. The van der Waals surface area contributed by atoms with E-state index < -0.39 is 0 Å². The van der Waals surface area contributed by atoms with Crippen molar-refractivity contribution >= 4 is 5.91 Å². The van der Waals surface area contributed by atoms with E-state index in [4.69, 9.17) is 4.74 Å². The predicted octanol–water partition coefficient (Wildman–Crippen LogP) is 0.424. The monoisotopic (exact) mass is 212 g/mol. The van der Waals surface area contributed by atoms with Gasteiger partial charge in [-0.05, 0) is 45.2 Å². The van der Waals surface area contributed by atoms with E-state index in [1.165, 1.54) is 0 Å². The third kappa shape index (κ3) is 3.18. The Morgan fingerprint density at radius 3 is 2.67 bits per heavy atom. The fourth-order valence-electron chi connectivity index (χ4n) is 2.21. The minimum absolute atomic E-state index is 0.0987. The number of hydrogen-bond acceptors (Lipinski definition) is 3. The second-order valence-electron chi connectivity index (χ2n) is 4.39. The molecule has 2 rings (SSSR count). The van der Waals surface area contributed by atoms with Gasteiger partial charge in [0.2, 0.25) is 5.91 Å². The summed E-state index contributed by atoms with van der Waals surface area (Å²) in [6.45, 7) is 2.76. The molecule has 15 heavy (non-hydrogen) atoms. The first-order valence-corrected chi connectivity index (χ1v) is 5.99. The minimum atomic E-state index is -0.186. The first-order valence-electron chi connectivity index (χ1n) is 5.99. The molecule has 1 amide bonds. The zero-order valence-corrected chi connectivity index (χ0v) is 9.13. The lowest BCUT2D eigenvalue weighted by Crippen LogP contribution is -2.47. The summed E-state index contributed by atoms with van der Waals surface area (Å²) in [7, 11) is 0. The van der Waals surface area contributed by atoms with Crippen LogP contribution < -0.4 is 10.6 Å². The highest BCUT2D eigenvalue weighted by molar-refractivity contribution is 5.81. The third-order valence-corrected chi connectivity index (χ3v) is 3.16. The van der Waals surface area contributed by atoms with Crippen molar-refractivity contribution in [1.82, 2.24) is 10.6 Å². The average Bonchev–Trinajstić information content (AvgIpc) is 2.31. The highest BCUT2D eigenvalue weighted by Gasteiger charge is 2.24. The van der Waals surface area contributed by atoms with Crippen LogP contribution in [0.4, 0.5) is 0 Å². The Labute approximate surface area is 90.8 Å². The van der Waals surface area contributed by atoms with E-state index in [1.54, 1.807) is 0 Å². The maximum absolute atomic E-state index is 11.8. The van der Waals surface area contributed by atoms with Gasteiger partial charge in [-0.2, -0.15) is 0 Å².